The van der Waals surface area contributed by atoms with Gasteiger partial charge in [0.25, 0.3) is 0 Å². The molecule has 0 aliphatic heterocycles. The van der Waals surface area contributed by atoms with Gasteiger partial charge in [-0.05, 0) is 38.8 Å². The number of carbonyl (C=O) groups excluding carboxylic acids is 1. The van der Waals surface area contributed by atoms with Crippen molar-refractivity contribution >= 4 is 6.03 Å². The average molecular weight is 304 g/mol. The quantitative estimate of drug-likeness (QED) is 0.886. The summed E-state index contributed by atoms with van der Waals surface area (Å²) in [5, 5.41) is 6.65. The van der Waals surface area contributed by atoms with Crippen molar-refractivity contribution in [3.05, 3.63) is 35.9 Å². The van der Waals surface area contributed by atoms with Gasteiger partial charge in [-0.25, -0.2) is 4.79 Å². The summed E-state index contributed by atoms with van der Waals surface area (Å²) < 4.78 is 10.5. The molecule has 2 aromatic heterocycles. The molecule has 7 nitrogen and oxygen atoms in total. The number of nitrogens with zero attached hydrogens (tertiary/aromatic N) is 3. The van der Waals surface area contributed by atoms with Crippen LogP contribution in [0.3, 0.4) is 0 Å². The van der Waals surface area contributed by atoms with Crippen LogP contribution in [0.5, 0.6) is 0 Å². The second-order valence-electron chi connectivity index (χ2n) is 5.55. The van der Waals surface area contributed by atoms with Crippen molar-refractivity contribution in [1.29, 1.82) is 0 Å². The van der Waals surface area contributed by atoms with E-state index < -0.39 is 0 Å². The molecule has 3 rings (SSSR count). The van der Waals surface area contributed by atoms with Crippen LogP contribution in [0, 0.1) is 6.92 Å². The number of hydrogen-bond donors (Lipinski definition) is 1. The van der Waals surface area contributed by atoms with Crippen LogP contribution >= 0.6 is 0 Å². The van der Waals surface area contributed by atoms with Crippen molar-refractivity contribution < 1.29 is 13.7 Å². The van der Waals surface area contributed by atoms with E-state index in [9.17, 15) is 4.79 Å². The minimum absolute atomic E-state index is 0.0758. The van der Waals surface area contributed by atoms with Gasteiger partial charge in [0.2, 0.25) is 5.89 Å². The maximum atomic E-state index is 12.5. The largest absolute Gasteiger partial charge is 0.467 e. The van der Waals surface area contributed by atoms with Crippen molar-refractivity contribution in [1.82, 2.24) is 20.4 Å². The van der Waals surface area contributed by atoms with E-state index in [1.165, 1.54) is 0 Å². The first-order valence-corrected chi connectivity index (χ1v) is 7.54. The Kier molecular flexibility index (Phi) is 4.13. The molecule has 22 heavy (non-hydrogen) atoms. The molecule has 1 atom stereocenters. The molecule has 2 amide bonds. The fourth-order valence-corrected chi connectivity index (χ4v) is 2.49. The minimum Gasteiger partial charge on any atom is -0.467 e. The van der Waals surface area contributed by atoms with Crippen LogP contribution in [-0.2, 0) is 6.42 Å². The van der Waals surface area contributed by atoms with Gasteiger partial charge in [-0.2, -0.15) is 4.98 Å². The lowest BCUT2D eigenvalue weighted by Crippen LogP contribution is -2.43. The molecule has 1 fully saturated rings. The number of amides is 2. The topological polar surface area (TPSA) is 84.4 Å². The third-order valence-corrected chi connectivity index (χ3v) is 3.73. The maximum Gasteiger partial charge on any atom is 0.318 e. The molecule has 2 heterocycles. The number of aryl methyl sites for hydroxylation is 1. The highest BCUT2D eigenvalue weighted by Gasteiger charge is 2.37. The Morgan fingerprint density at radius 1 is 1.55 bits per heavy atom. The fourth-order valence-electron chi connectivity index (χ4n) is 2.49. The number of hydrogen-bond acceptors (Lipinski definition) is 5. The van der Waals surface area contributed by atoms with Crippen LogP contribution < -0.4 is 5.32 Å². The summed E-state index contributed by atoms with van der Waals surface area (Å²) in [5.74, 6) is 1.94. The van der Waals surface area contributed by atoms with Crippen LogP contribution in [0.25, 0.3) is 0 Å². The Morgan fingerprint density at radius 3 is 2.95 bits per heavy atom. The third-order valence-electron chi connectivity index (χ3n) is 3.73. The first-order valence-electron chi connectivity index (χ1n) is 7.54. The Morgan fingerprint density at radius 2 is 2.36 bits per heavy atom. The normalized spacial score (nSPS) is 15.5. The zero-order valence-electron chi connectivity index (χ0n) is 12.8. The van der Waals surface area contributed by atoms with E-state index in [2.05, 4.69) is 15.5 Å². The summed E-state index contributed by atoms with van der Waals surface area (Å²) in [4.78, 5) is 18.4. The number of carbonyl (C=O) groups is 1. The molecule has 0 saturated heterocycles. The molecule has 0 aromatic carbocycles. The van der Waals surface area contributed by atoms with Crippen molar-refractivity contribution in [3.63, 3.8) is 0 Å². The SMILES string of the molecule is Cc1noc(CCNC(=O)N(C2CC2)C(C)c2ccco2)n1. The van der Waals surface area contributed by atoms with Gasteiger partial charge in [0.05, 0.1) is 12.3 Å². The molecule has 0 bridgehead atoms. The molecular formula is C15H20N4O3. The molecule has 1 unspecified atom stereocenters. The second kappa shape index (κ2) is 6.21. The van der Waals surface area contributed by atoms with Crippen molar-refractivity contribution in [3.8, 4) is 0 Å². The number of urea groups is 1. The molecule has 118 valence electrons. The molecule has 0 spiro atoms. The zero-order valence-corrected chi connectivity index (χ0v) is 12.8. The molecule has 7 heteroatoms. The van der Waals surface area contributed by atoms with Gasteiger partial charge in [0.1, 0.15) is 5.76 Å². The van der Waals surface area contributed by atoms with Crippen LogP contribution in [0.4, 0.5) is 4.79 Å². The van der Waals surface area contributed by atoms with Gasteiger partial charge in [-0.3, -0.25) is 0 Å². The molecule has 1 aliphatic rings. The van der Waals surface area contributed by atoms with E-state index in [1.807, 2.05) is 24.0 Å². The first kappa shape index (κ1) is 14.6. The first-order chi connectivity index (χ1) is 10.6. The predicted molar refractivity (Wildman–Crippen MR) is 78.1 cm³/mol. The zero-order chi connectivity index (χ0) is 15.5. The monoisotopic (exact) mass is 304 g/mol. The highest BCUT2D eigenvalue weighted by molar-refractivity contribution is 5.75. The average Bonchev–Trinajstić information content (AvgIpc) is 3.01. The Balaban J connectivity index is 1.56. The van der Waals surface area contributed by atoms with Crippen LogP contribution in [-0.4, -0.2) is 33.7 Å². The summed E-state index contributed by atoms with van der Waals surface area (Å²) in [6, 6.07) is 3.88. The van der Waals surface area contributed by atoms with Gasteiger partial charge in [-0.15, -0.1) is 0 Å². The van der Waals surface area contributed by atoms with Gasteiger partial charge >= 0.3 is 6.03 Å². The second-order valence-corrected chi connectivity index (χ2v) is 5.55. The van der Waals surface area contributed by atoms with E-state index in [0.717, 1.165) is 18.6 Å². The molecule has 2 aromatic rings. The van der Waals surface area contributed by atoms with Crippen LogP contribution in [0.2, 0.25) is 0 Å². The number of nitrogens with one attached hydrogen (secondary N) is 1. The molecule has 1 saturated carbocycles. The Labute approximate surface area is 128 Å². The molecule has 1 N–H and O–H groups in total. The van der Waals surface area contributed by atoms with E-state index in [-0.39, 0.29) is 12.1 Å². The van der Waals surface area contributed by atoms with Crippen molar-refractivity contribution in [2.45, 2.75) is 45.2 Å². The maximum absolute atomic E-state index is 12.5. The summed E-state index contributed by atoms with van der Waals surface area (Å²) in [6.07, 6.45) is 4.25. The summed E-state index contributed by atoms with van der Waals surface area (Å²) in [7, 11) is 0. The van der Waals surface area contributed by atoms with E-state index >= 15 is 0 Å². The third kappa shape index (κ3) is 3.29. The lowest BCUT2D eigenvalue weighted by Gasteiger charge is -2.28. The fraction of sp³-hybridized carbons (Fsp3) is 0.533. The number of aromatic nitrogens is 2. The summed E-state index contributed by atoms with van der Waals surface area (Å²) in [6.45, 7) is 4.22. The number of furan rings is 1. The molecular weight excluding hydrogens is 284 g/mol. The van der Waals surface area contributed by atoms with Gasteiger partial charge in [0.15, 0.2) is 5.82 Å². The lowest BCUT2D eigenvalue weighted by atomic mass is 10.2. The van der Waals surface area contributed by atoms with Crippen LogP contribution in [0.1, 0.15) is 43.3 Å². The predicted octanol–water partition coefficient (Wildman–Crippen LogP) is 2.45. The summed E-state index contributed by atoms with van der Waals surface area (Å²) >= 11 is 0. The van der Waals surface area contributed by atoms with Gasteiger partial charge in [-0.1, -0.05) is 5.16 Å². The van der Waals surface area contributed by atoms with Crippen LogP contribution in [0.15, 0.2) is 27.3 Å². The highest BCUT2D eigenvalue weighted by atomic mass is 16.5. The van der Waals surface area contributed by atoms with E-state index in [0.29, 0.717) is 30.7 Å². The van der Waals surface area contributed by atoms with E-state index in [4.69, 9.17) is 8.94 Å². The minimum atomic E-state index is -0.0809. The Hall–Kier alpha value is -2.31. The Bertz CT molecular complexity index is 619. The lowest BCUT2D eigenvalue weighted by molar-refractivity contribution is 0.166. The molecule has 1 aliphatic carbocycles. The number of rotatable bonds is 6. The van der Waals surface area contributed by atoms with Crippen molar-refractivity contribution in [2.75, 3.05) is 6.54 Å². The standard InChI is InChI=1S/C15H20N4O3/c1-10(13-4-3-9-21-13)19(12-5-6-12)15(20)16-8-7-14-17-11(2)18-22-14/h3-4,9-10,12H,5-8H2,1-2H3,(H,16,20). The van der Waals surface area contributed by atoms with Crippen molar-refractivity contribution in [2.24, 2.45) is 0 Å². The molecule has 0 radical (unpaired) electrons. The van der Waals surface area contributed by atoms with E-state index in [1.54, 1.807) is 13.2 Å². The highest BCUT2D eigenvalue weighted by Crippen LogP contribution is 2.34. The van der Waals surface area contributed by atoms with Gasteiger partial charge in [0, 0.05) is 19.0 Å². The van der Waals surface area contributed by atoms with Gasteiger partial charge < -0.3 is 19.2 Å². The summed E-state index contributed by atoms with van der Waals surface area (Å²) in [5.41, 5.74) is 0. The smallest absolute Gasteiger partial charge is 0.318 e.